The fraction of sp³-hybridized carbons (Fsp3) is 0.944. The van der Waals surface area contributed by atoms with Crippen LogP contribution in [0.15, 0.2) is 0 Å². The molecule has 1 amide bonds. The lowest BCUT2D eigenvalue weighted by atomic mass is 9.78. The number of methoxy groups -OCH3 is 1. The highest BCUT2D eigenvalue weighted by molar-refractivity contribution is 5.83. The zero-order valence-electron chi connectivity index (χ0n) is 15.4. The normalized spacial score (nSPS) is 29.9. The van der Waals surface area contributed by atoms with Gasteiger partial charge in [0.1, 0.15) is 0 Å². The van der Waals surface area contributed by atoms with E-state index in [1.807, 2.05) is 0 Å². The minimum absolute atomic E-state index is 0.173. The molecule has 5 heteroatoms. The summed E-state index contributed by atoms with van der Waals surface area (Å²) in [6, 6.07) is 0.184. The Hall–Kier alpha value is -0.650. The zero-order chi connectivity index (χ0) is 16.9. The van der Waals surface area contributed by atoms with Crippen LogP contribution >= 0.6 is 0 Å². The van der Waals surface area contributed by atoms with Gasteiger partial charge in [0, 0.05) is 32.8 Å². The number of amides is 1. The van der Waals surface area contributed by atoms with Crippen molar-refractivity contribution in [1.29, 1.82) is 0 Å². The van der Waals surface area contributed by atoms with Crippen LogP contribution in [-0.2, 0) is 9.53 Å². The molecular weight excluding hydrogens is 290 g/mol. The first-order chi connectivity index (χ1) is 10.9. The Morgan fingerprint density at radius 2 is 1.91 bits per heavy atom. The van der Waals surface area contributed by atoms with Crippen molar-refractivity contribution >= 4 is 5.91 Å². The van der Waals surface area contributed by atoms with Crippen LogP contribution in [0, 0.1) is 17.3 Å². The maximum atomic E-state index is 12.9. The quantitative estimate of drug-likeness (QED) is 0.777. The van der Waals surface area contributed by atoms with Crippen LogP contribution in [-0.4, -0.2) is 63.3 Å². The minimum atomic E-state index is -0.350. The van der Waals surface area contributed by atoms with Gasteiger partial charge in [0.05, 0.1) is 12.0 Å². The molecule has 2 heterocycles. The van der Waals surface area contributed by atoms with Gasteiger partial charge in [-0.3, -0.25) is 4.79 Å². The second-order valence-electron chi connectivity index (χ2n) is 8.00. The molecule has 2 aliphatic rings. The first-order valence-electron chi connectivity index (χ1n) is 9.18. The van der Waals surface area contributed by atoms with E-state index >= 15 is 0 Å². The fourth-order valence-corrected chi connectivity index (χ4v) is 4.37. The van der Waals surface area contributed by atoms with Crippen LogP contribution < -0.4 is 10.6 Å². The smallest absolute Gasteiger partial charge is 0.228 e. The standard InChI is InChI=1S/C18H35N3O2/c1-14-9-15(2)11-21(10-14)12-16(3)20-17(22)18(13-23-4)5-7-19-8-6-18/h14-16,19H,5-13H2,1-4H3,(H,20,22). The molecule has 23 heavy (non-hydrogen) atoms. The lowest BCUT2D eigenvalue weighted by Gasteiger charge is -2.39. The second-order valence-corrected chi connectivity index (χ2v) is 8.00. The van der Waals surface area contributed by atoms with Gasteiger partial charge in [-0.25, -0.2) is 0 Å². The molecule has 5 nitrogen and oxygen atoms in total. The van der Waals surface area contributed by atoms with Crippen molar-refractivity contribution < 1.29 is 9.53 Å². The average Bonchev–Trinajstić information content (AvgIpc) is 2.47. The molecule has 0 saturated carbocycles. The van der Waals surface area contributed by atoms with Crippen molar-refractivity contribution in [1.82, 2.24) is 15.5 Å². The highest BCUT2D eigenvalue weighted by Gasteiger charge is 2.40. The van der Waals surface area contributed by atoms with E-state index in [0.29, 0.717) is 6.61 Å². The van der Waals surface area contributed by atoms with E-state index in [1.165, 1.54) is 6.42 Å². The number of nitrogens with one attached hydrogen (secondary N) is 2. The Kier molecular flexibility index (Phi) is 6.86. The maximum absolute atomic E-state index is 12.9. The van der Waals surface area contributed by atoms with Gasteiger partial charge < -0.3 is 20.3 Å². The lowest BCUT2D eigenvalue weighted by Crippen LogP contribution is -2.54. The molecule has 0 radical (unpaired) electrons. The van der Waals surface area contributed by atoms with Gasteiger partial charge in [0.2, 0.25) is 5.91 Å². The zero-order valence-corrected chi connectivity index (χ0v) is 15.4. The van der Waals surface area contributed by atoms with E-state index in [-0.39, 0.29) is 17.4 Å². The van der Waals surface area contributed by atoms with Crippen LogP contribution in [0.5, 0.6) is 0 Å². The summed E-state index contributed by atoms with van der Waals surface area (Å²) in [4.78, 5) is 15.4. The Balaban J connectivity index is 1.87. The number of hydrogen-bond donors (Lipinski definition) is 2. The summed E-state index contributed by atoms with van der Waals surface area (Å²) < 4.78 is 5.37. The molecule has 0 aliphatic carbocycles. The topological polar surface area (TPSA) is 53.6 Å². The maximum Gasteiger partial charge on any atom is 0.228 e. The van der Waals surface area contributed by atoms with Crippen molar-refractivity contribution in [2.45, 2.75) is 46.1 Å². The van der Waals surface area contributed by atoms with Crippen molar-refractivity contribution in [3.8, 4) is 0 Å². The third-order valence-electron chi connectivity index (χ3n) is 5.32. The molecule has 2 aliphatic heterocycles. The monoisotopic (exact) mass is 325 g/mol. The number of rotatable bonds is 6. The van der Waals surface area contributed by atoms with E-state index in [1.54, 1.807) is 7.11 Å². The Labute approximate surface area is 141 Å². The van der Waals surface area contributed by atoms with Gasteiger partial charge in [-0.15, -0.1) is 0 Å². The first-order valence-corrected chi connectivity index (χ1v) is 9.18. The van der Waals surface area contributed by atoms with E-state index in [2.05, 4.69) is 36.3 Å². The highest BCUT2D eigenvalue weighted by atomic mass is 16.5. The predicted molar refractivity (Wildman–Crippen MR) is 93.4 cm³/mol. The summed E-state index contributed by atoms with van der Waals surface area (Å²) in [6.07, 6.45) is 3.04. The largest absolute Gasteiger partial charge is 0.384 e. The van der Waals surface area contributed by atoms with Crippen LogP contribution in [0.2, 0.25) is 0 Å². The Morgan fingerprint density at radius 1 is 1.30 bits per heavy atom. The molecule has 3 atom stereocenters. The van der Waals surface area contributed by atoms with Crippen molar-refractivity contribution in [3.63, 3.8) is 0 Å². The number of ether oxygens (including phenoxy) is 1. The van der Waals surface area contributed by atoms with Crippen molar-refractivity contribution in [2.75, 3.05) is 46.4 Å². The molecule has 2 rings (SSSR count). The number of carbonyl (C=O) groups excluding carboxylic acids is 1. The van der Waals surface area contributed by atoms with E-state index in [0.717, 1.165) is 57.4 Å². The lowest BCUT2D eigenvalue weighted by molar-refractivity contribution is -0.137. The van der Waals surface area contributed by atoms with Crippen LogP contribution in [0.4, 0.5) is 0 Å². The van der Waals surface area contributed by atoms with Crippen LogP contribution in [0.25, 0.3) is 0 Å². The van der Waals surface area contributed by atoms with Gasteiger partial charge in [-0.05, 0) is 51.1 Å². The molecule has 0 bridgehead atoms. The summed E-state index contributed by atoms with van der Waals surface area (Å²) in [5.41, 5.74) is -0.350. The summed E-state index contributed by atoms with van der Waals surface area (Å²) in [5.74, 6) is 1.68. The van der Waals surface area contributed by atoms with E-state index < -0.39 is 0 Å². The van der Waals surface area contributed by atoms with E-state index in [9.17, 15) is 4.79 Å². The number of likely N-dealkylation sites (tertiary alicyclic amines) is 1. The third-order valence-corrected chi connectivity index (χ3v) is 5.32. The third kappa shape index (κ3) is 5.16. The number of piperidine rings is 2. The SMILES string of the molecule is COCC1(C(=O)NC(C)CN2CC(C)CC(C)C2)CCNCC1. The van der Waals surface area contributed by atoms with Gasteiger partial charge in [0.15, 0.2) is 0 Å². The molecule has 2 fully saturated rings. The predicted octanol–water partition coefficient (Wildman–Crippen LogP) is 1.49. The molecule has 134 valence electrons. The molecule has 0 spiro atoms. The summed E-state index contributed by atoms with van der Waals surface area (Å²) in [5, 5.41) is 6.60. The van der Waals surface area contributed by atoms with Crippen molar-refractivity contribution in [2.24, 2.45) is 17.3 Å². The highest BCUT2D eigenvalue weighted by Crippen LogP contribution is 2.29. The van der Waals surface area contributed by atoms with Gasteiger partial charge in [-0.1, -0.05) is 13.8 Å². The van der Waals surface area contributed by atoms with Gasteiger partial charge in [0.25, 0.3) is 0 Å². The average molecular weight is 325 g/mol. The molecule has 2 N–H and O–H groups in total. The Morgan fingerprint density at radius 3 is 2.48 bits per heavy atom. The van der Waals surface area contributed by atoms with Crippen LogP contribution in [0.3, 0.4) is 0 Å². The summed E-state index contributed by atoms with van der Waals surface area (Å²) in [6.45, 7) is 12.3. The summed E-state index contributed by atoms with van der Waals surface area (Å²) in [7, 11) is 1.69. The number of nitrogens with zero attached hydrogens (tertiary/aromatic N) is 1. The van der Waals surface area contributed by atoms with Crippen molar-refractivity contribution in [3.05, 3.63) is 0 Å². The summed E-state index contributed by atoms with van der Waals surface area (Å²) >= 11 is 0. The molecule has 0 aromatic heterocycles. The molecule has 3 unspecified atom stereocenters. The molecule has 0 aromatic carbocycles. The molecular formula is C18H35N3O2. The van der Waals surface area contributed by atoms with E-state index in [4.69, 9.17) is 4.74 Å². The first kappa shape index (κ1) is 18.7. The Bertz CT molecular complexity index is 367. The fourth-order valence-electron chi connectivity index (χ4n) is 4.37. The van der Waals surface area contributed by atoms with Gasteiger partial charge in [-0.2, -0.15) is 0 Å². The second kappa shape index (κ2) is 8.45. The molecule has 2 saturated heterocycles. The number of carbonyl (C=O) groups is 1. The molecule has 0 aromatic rings. The number of hydrogen-bond acceptors (Lipinski definition) is 4. The van der Waals surface area contributed by atoms with Gasteiger partial charge >= 0.3 is 0 Å². The minimum Gasteiger partial charge on any atom is -0.384 e. The van der Waals surface area contributed by atoms with Crippen LogP contribution in [0.1, 0.15) is 40.0 Å².